The minimum atomic E-state index is -3.71. The fourth-order valence-electron chi connectivity index (χ4n) is 5.06. The van der Waals surface area contributed by atoms with E-state index < -0.39 is 15.4 Å². The van der Waals surface area contributed by atoms with Gasteiger partial charge in [-0.25, -0.2) is 13.4 Å². The number of carbonyl (C=O) groups excluding carboxylic acids is 1. The van der Waals surface area contributed by atoms with Crippen LogP contribution in [-0.2, 0) is 14.8 Å². The molecule has 2 bridgehead atoms. The van der Waals surface area contributed by atoms with E-state index in [9.17, 15) is 13.2 Å². The van der Waals surface area contributed by atoms with Crippen molar-refractivity contribution in [3.63, 3.8) is 0 Å². The molecule has 1 heterocycles. The van der Waals surface area contributed by atoms with Gasteiger partial charge in [0.15, 0.2) is 5.13 Å². The molecule has 2 aliphatic carbocycles. The number of nitrogens with zero attached hydrogens (tertiary/aromatic N) is 1. The minimum Gasteiger partial charge on any atom is -0.497 e. The average Bonchev–Trinajstić information content (AvgIpc) is 3.18. The first-order chi connectivity index (χ1) is 13.6. The van der Waals surface area contributed by atoms with E-state index in [0.29, 0.717) is 18.0 Å². The van der Waals surface area contributed by atoms with E-state index in [1.54, 1.807) is 7.11 Å². The second-order valence-corrected chi connectivity index (χ2v) is 11.6. The number of anilines is 1. The molecule has 1 N–H and O–H groups in total. The van der Waals surface area contributed by atoms with Crippen LogP contribution in [0.25, 0.3) is 11.3 Å². The van der Waals surface area contributed by atoms with Crippen molar-refractivity contribution in [3.05, 3.63) is 29.1 Å². The Morgan fingerprint density at radius 1 is 1.28 bits per heavy atom. The van der Waals surface area contributed by atoms with Gasteiger partial charge in [0, 0.05) is 16.9 Å². The summed E-state index contributed by atoms with van der Waals surface area (Å²) < 4.78 is 33.8. The van der Waals surface area contributed by atoms with E-state index in [-0.39, 0.29) is 22.9 Å². The maximum absolute atomic E-state index is 13.0. The maximum Gasteiger partial charge on any atom is 0.235 e. The Hall–Kier alpha value is -1.93. The van der Waals surface area contributed by atoms with Crippen molar-refractivity contribution < 1.29 is 17.9 Å². The van der Waals surface area contributed by atoms with Gasteiger partial charge in [-0.05, 0) is 55.4 Å². The number of Topliss-reactive ketones (excluding diaryl/α,β-unsaturated/α-hetero) is 1. The SMILES string of the molecule is COc1ccc(-c2nc(NS(=O)(=O)CC34CCC(CC3=O)C4(C)C)sc2C)cc1. The predicted molar refractivity (Wildman–Crippen MR) is 115 cm³/mol. The first-order valence-corrected chi connectivity index (χ1v) is 12.2. The van der Waals surface area contributed by atoms with Crippen LogP contribution in [0.5, 0.6) is 5.75 Å². The highest BCUT2D eigenvalue weighted by Crippen LogP contribution is 2.64. The molecule has 0 radical (unpaired) electrons. The smallest absolute Gasteiger partial charge is 0.235 e. The minimum absolute atomic E-state index is 0.0957. The van der Waals surface area contributed by atoms with Crippen molar-refractivity contribution >= 4 is 32.3 Å². The van der Waals surface area contributed by atoms with Crippen molar-refractivity contribution in [2.75, 3.05) is 17.6 Å². The number of aromatic nitrogens is 1. The molecule has 2 aromatic rings. The zero-order valence-corrected chi connectivity index (χ0v) is 18.7. The molecular formula is C21H26N2O4S2. The van der Waals surface area contributed by atoms with Gasteiger partial charge >= 0.3 is 0 Å². The van der Waals surface area contributed by atoms with Gasteiger partial charge < -0.3 is 4.74 Å². The number of carbonyl (C=O) groups is 1. The van der Waals surface area contributed by atoms with Gasteiger partial charge in [0.2, 0.25) is 10.0 Å². The van der Waals surface area contributed by atoms with Crippen molar-refractivity contribution in [2.45, 2.75) is 40.0 Å². The number of nitrogens with one attached hydrogen (secondary N) is 1. The number of thiazole rings is 1. The Bertz CT molecular complexity index is 1060. The quantitative estimate of drug-likeness (QED) is 0.734. The molecule has 29 heavy (non-hydrogen) atoms. The molecule has 1 aromatic heterocycles. The Morgan fingerprint density at radius 3 is 2.52 bits per heavy atom. The van der Waals surface area contributed by atoms with E-state index in [4.69, 9.17) is 4.74 Å². The number of sulfonamides is 1. The van der Waals surface area contributed by atoms with Gasteiger partial charge in [-0.2, -0.15) is 0 Å². The molecule has 2 saturated carbocycles. The van der Waals surface area contributed by atoms with E-state index >= 15 is 0 Å². The fourth-order valence-corrected chi connectivity index (χ4v) is 8.00. The summed E-state index contributed by atoms with van der Waals surface area (Å²) in [6.07, 6.45) is 2.07. The highest BCUT2D eigenvalue weighted by molar-refractivity contribution is 7.92. The van der Waals surface area contributed by atoms with Gasteiger partial charge in [0.05, 0.1) is 24.0 Å². The molecule has 0 aliphatic heterocycles. The van der Waals surface area contributed by atoms with Gasteiger partial charge in [-0.3, -0.25) is 9.52 Å². The molecule has 1 aromatic carbocycles. The highest BCUT2D eigenvalue weighted by Gasteiger charge is 2.65. The molecule has 0 saturated heterocycles. The topological polar surface area (TPSA) is 85.4 Å². The highest BCUT2D eigenvalue weighted by atomic mass is 32.2. The lowest BCUT2D eigenvalue weighted by molar-refractivity contribution is -0.128. The van der Waals surface area contributed by atoms with E-state index in [0.717, 1.165) is 28.3 Å². The molecule has 0 amide bonds. The third-order valence-electron chi connectivity index (χ3n) is 6.98. The number of methoxy groups -OCH3 is 1. The number of rotatable bonds is 6. The monoisotopic (exact) mass is 434 g/mol. The summed E-state index contributed by atoms with van der Waals surface area (Å²) in [5, 5.41) is 0.336. The molecule has 6 nitrogen and oxygen atoms in total. The van der Waals surface area contributed by atoms with Crippen LogP contribution in [0.2, 0.25) is 0 Å². The average molecular weight is 435 g/mol. The summed E-state index contributed by atoms with van der Waals surface area (Å²) in [6, 6.07) is 7.50. The Labute approximate surface area is 175 Å². The summed E-state index contributed by atoms with van der Waals surface area (Å²) in [6.45, 7) is 6.00. The van der Waals surface area contributed by atoms with Crippen LogP contribution in [0.4, 0.5) is 5.13 Å². The lowest BCUT2D eigenvalue weighted by Gasteiger charge is -2.36. The third kappa shape index (κ3) is 3.26. The largest absolute Gasteiger partial charge is 0.497 e. The summed E-state index contributed by atoms with van der Waals surface area (Å²) in [4.78, 5) is 18.1. The molecule has 2 fully saturated rings. The molecule has 2 atom stereocenters. The summed E-state index contributed by atoms with van der Waals surface area (Å²) in [5.41, 5.74) is 0.571. The summed E-state index contributed by atoms with van der Waals surface area (Å²) >= 11 is 1.30. The molecule has 4 rings (SSSR count). The Balaban J connectivity index is 1.57. The predicted octanol–water partition coefficient (Wildman–Crippen LogP) is 4.26. The van der Waals surface area contributed by atoms with Gasteiger partial charge in [0.25, 0.3) is 0 Å². The van der Waals surface area contributed by atoms with Crippen molar-refractivity contribution in [2.24, 2.45) is 16.7 Å². The second kappa shape index (κ2) is 6.80. The number of hydrogen-bond acceptors (Lipinski definition) is 6. The molecule has 8 heteroatoms. The first-order valence-electron chi connectivity index (χ1n) is 9.74. The maximum atomic E-state index is 13.0. The van der Waals surface area contributed by atoms with Crippen LogP contribution in [0.15, 0.2) is 24.3 Å². The second-order valence-electron chi connectivity index (χ2n) is 8.68. The zero-order valence-electron chi connectivity index (χ0n) is 17.1. The van der Waals surface area contributed by atoms with Crippen molar-refractivity contribution in [1.29, 1.82) is 0 Å². The number of benzene rings is 1. The van der Waals surface area contributed by atoms with Crippen LogP contribution >= 0.6 is 11.3 Å². The Morgan fingerprint density at radius 2 is 1.97 bits per heavy atom. The van der Waals surface area contributed by atoms with Gasteiger partial charge in [-0.15, -0.1) is 11.3 Å². The fraction of sp³-hybridized carbons (Fsp3) is 0.524. The van der Waals surface area contributed by atoms with Crippen LogP contribution in [0, 0.1) is 23.7 Å². The van der Waals surface area contributed by atoms with Crippen molar-refractivity contribution in [1.82, 2.24) is 4.98 Å². The standard InChI is InChI=1S/C21H26N2O4S2/c1-13-18(14-5-7-16(27-4)8-6-14)22-19(28-13)23-29(25,26)12-21-10-9-15(11-17(21)24)20(21,2)3/h5-8,15H,9-12H2,1-4H3,(H,22,23). The normalized spacial score (nSPS) is 25.4. The van der Waals surface area contributed by atoms with Crippen LogP contribution in [0.1, 0.15) is 38.0 Å². The number of hydrogen-bond donors (Lipinski definition) is 1. The van der Waals surface area contributed by atoms with Gasteiger partial charge in [0.1, 0.15) is 11.5 Å². The number of aryl methyl sites for hydroxylation is 1. The molecule has 2 unspecified atom stereocenters. The van der Waals surface area contributed by atoms with Crippen LogP contribution < -0.4 is 9.46 Å². The number of fused-ring (bicyclic) bond motifs is 2. The van der Waals surface area contributed by atoms with Crippen molar-refractivity contribution in [3.8, 4) is 17.0 Å². The molecular weight excluding hydrogens is 408 g/mol. The molecule has 0 spiro atoms. The van der Waals surface area contributed by atoms with Gasteiger partial charge in [-0.1, -0.05) is 13.8 Å². The van der Waals surface area contributed by atoms with Crippen LogP contribution in [-0.4, -0.2) is 32.0 Å². The molecule has 156 valence electrons. The lowest BCUT2D eigenvalue weighted by atomic mass is 9.70. The summed E-state index contributed by atoms with van der Waals surface area (Å²) in [7, 11) is -2.10. The first kappa shape index (κ1) is 20.3. The molecule has 2 aliphatic rings. The van der Waals surface area contributed by atoms with E-state index in [1.807, 2.05) is 45.0 Å². The number of ketones is 1. The van der Waals surface area contributed by atoms with E-state index in [2.05, 4.69) is 9.71 Å². The lowest BCUT2D eigenvalue weighted by Crippen LogP contribution is -2.43. The third-order valence-corrected chi connectivity index (χ3v) is 9.37. The van der Waals surface area contributed by atoms with Crippen LogP contribution in [0.3, 0.4) is 0 Å². The van der Waals surface area contributed by atoms with E-state index in [1.165, 1.54) is 11.3 Å². The summed E-state index contributed by atoms with van der Waals surface area (Å²) in [5.74, 6) is 0.964. The number of ether oxygens (including phenoxy) is 1. The Kier molecular flexibility index (Phi) is 4.77. The zero-order chi connectivity index (χ0) is 21.0.